The number of carbonyl (C=O) groups is 1. The zero-order valence-electron chi connectivity index (χ0n) is 11.5. The number of rotatable bonds is 4. The van der Waals surface area contributed by atoms with E-state index >= 15 is 0 Å². The Balaban J connectivity index is 1.71. The fourth-order valence-corrected chi connectivity index (χ4v) is 2.19. The van der Waals surface area contributed by atoms with Crippen LogP contribution < -0.4 is 0 Å². The minimum atomic E-state index is -0.281. The van der Waals surface area contributed by atoms with E-state index in [1.54, 1.807) is 23.0 Å². The van der Waals surface area contributed by atoms with Crippen molar-refractivity contribution in [3.05, 3.63) is 36.2 Å². The summed E-state index contributed by atoms with van der Waals surface area (Å²) in [5.41, 5.74) is 1.96. The third-order valence-corrected chi connectivity index (χ3v) is 3.65. The molecule has 0 radical (unpaired) electrons. The number of pyridine rings is 1. The predicted molar refractivity (Wildman–Crippen MR) is 74.1 cm³/mol. The zero-order chi connectivity index (χ0) is 13.9. The molecule has 5 nitrogen and oxygen atoms in total. The quantitative estimate of drug-likeness (QED) is 0.801. The van der Waals surface area contributed by atoms with Crippen LogP contribution in [0.2, 0.25) is 0 Å². The molecule has 2 heterocycles. The van der Waals surface area contributed by atoms with E-state index in [4.69, 9.17) is 4.74 Å². The number of hydrogen-bond acceptors (Lipinski definition) is 4. The van der Waals surface area contributed by atoms with Gasteiger partial charge >= 0.3 is 5.97 Å². The van der Waals surface area contributed by atoms with Crippen LogP contribution in [0, 0.1) is 5.92 Å². The van der Waals surface area contributed by atoms with Crippen LogP contribution >= 0.6 is 0 Å². The molecule has 0 bridgehead atoms. The molecule has 0 unspecified atom stereocenters. The van der Waals surface area contributed by atoms with Crippen LogP contribution in [0.25, 0.3) is 11.4 Å². The third-order valence-electron chi connectivity index (χ3n) is 3.65. The van der Waals surface area contributed by atoms with Crippen molar-refractivity contribution in [1.29, 1.82) is 0 Å². The average molecular weight is 271 g/mol. The predicted octanol–water partition coefficient (Wildman–Crippen LogP) is 2.44. The average Bonchev–Trinajstić information content (AvgIpc) is 2.84. The first-order chi connectivity index (χ1) is 9.72. The molecule has 0 amide bonds. The van der Waals surface area contributed by atoms with Gasteiger partial charge < -0.3 is 4.74 Å². The van der Waals surface area contributed by atoms with Crippen LogP contribution in [0.5, 0.6) is 0 Å². The summed E-state index contributed by atoms with van der Waals surface area (Å²) in [4.78, 5) is 16.2. The topological polar surface area (TPSA) is 57.0 Å². The molecule has 0 N–H and O–H groups in total. The lowest BCUT2D eigenvalue weighted by molar-refractivity contribution is 0.0371. The number of nitrogens with zero attached hydrogens (tertiary/aromatic N) is 3. The number of esters is 1. The number of aryl methyl sites for hydroxylation is 1. The maximum absolute atomic E-state index is 12.0. The number of carbonyl (C=O) groups excluding carboxylic acids is 1. The molecule has 5 heteroatoms. The molecule has 2 aromatic heterocycles. The van der Waals surface area contributed by atoms with Gasteiger partial charge in [-0.1, -0.05) is 6.42 Å². The second kappa shape index (κ2) is 5.45. The monoisotopic (exact) mass is 271 g/mol. The van der Waals surface area contributed by atoms with Gasteiger partial charge in [-0.15, -0.1) is 0 Å². The Morgan fingerprint density at radius 1 is 1.40 bits per heavy atom. The minimum absolute atomic E-state index is 0.281. The van der Waals surface area contributed by atoms with Crippen molar-refractivity contribution >= 4 is 5.97 Å². The second-order valence-corrected chi connectivity index (χ2v) is 5.20. The van der Waals surface area contributed by atoms with Gasteiger partial charge in [-0.05, 0) is 37.0 Å². The zero-order valence-corrected chi connectivity index (χ0v) is 11.5. The van der Waals surface area contributed by atoms with Gasteiger partial charge in [-0.2, -0.15) is 5.10 Å². The number of aromatic nitrogens is 3. The highest BCUT2D eigenvalue weighted by Crippen LogP contribution is 2.26. The standard InChI is InChI=1S/C15H17N3O2/c1-18-8-6-13(17-18)14-9-12(5-7-16-14)15(19)20-10-11-3-2-4-11/h5-9,11H,2-4,10H2,1H3. The van der Waals surface area contributed by atoms with Crippen molar-refractivity contribution < 1.29 is 9.53 Å². The summed E-state index contributed by atoms with van der Waals surface area (Å²) in [6, 6.07) is 5.27. The lowest BCUT2D eigenvalue weighted by Crippen LogP contribution is -2.20. The molecule has 20 heavy (non-hydrogen) atoms. The molecule has 0 aromatic carbocycles. The molecule has 3 rings (SSSR count). The highest BCUT2D eigenvalue weighted by molar-refractivity contribution is 5.90. The van der Waals surface area contributed by atoms with E-state index in [1.807, 2.05) is 19.3 Å². The molecular formula is C15H17N3O2. The van der Waals surface area contributed by atoms with Gasteiger partial charge in [0, 0.05) is 19.4 Å². The van der Waals surface area contributed by atoms with E-state index in [1.165, 1.54) is 19.3 Å². The second-order valence-electron chi connectivity index (χ2n) is 5.20. The summed E-state index contributed by atoms with van der Waals surface area (Å²) >= 11 is 0. The molecule has 2 aromatic rings. The van der Waals surface area contributed by atoms with Gasteiger partial charge in [0.25, 0.3) is 0 Å². The van der Waals surface area contributed by atoms with E-state index in [2.05, 4.69) is 10.1 Å². The van der Waals surface area contributed by atoms with Crippen molar-refractivity contribution in [2.75, 3.05) is 6.61 Å². The lowest BCUT2D eigenvalue weighted by atomic mass is 9.86. The summed E-state index contributed by atoms with van der Waals surface area (Å²) in [7, 11) is 1.85. The summed E-state index contributed by atoms with van der Waals surface area (Å²) in [6.07, 6.45) is 7.05. The van der Waals surface area contributed by atoms with Crippen molar-refractivity contribution in [3.8, 4) is 11.4 Å². The van der Waals surface area contributed by atoms with E-state index in [-0.39, 0.29) is 5.97 Å². The Bertz CT molecular complexity index is 617. The van der Waals surface area contributed by atoms with Crippen LogP contribution in [-0.2, 0) is 11.8 Å². The first-order valence-electron chi connectivity index (χ1n) is 6.85. The van der Waals surface area contributed by atoms with Gasteiger partial charge in [-0.3, -0.25) is 9.67 Å². The van der Waals surface area contributed by atoms with E-state index in [9.17, 15) is 4.79 Å². The van der Waals surface area contributed by atoms with Crippen LogP contribution in [0.4, 0.5) is 0 Å². The van der Waals surface area contributed by atoms with E-state index in [0.717, 1.165) is 5.69 Å². The van der Waals surface area contributed by atoms with Crippen molar-refractivity contribution in [1.82, 2.24) is 14.8 Å². The van der Waals surface area contributed by atoms with Gasteiger partial charge in [0.05, 0.1) is 17.9 Å². The highest BCUT2D eigenvalue weighted by Gasteiger charge is 2.20. The summed E-state index contributed by atoms with van der Waals surface area (Å²) in [5.74, 6) is 0.271. The molecule has 1 fully saturated rings. The molecule has 0 aliphatic heterocycles. The molecule has 0 saturated heterocycles. The maximum Gasteiger partial charge on any atom is 0.338 e. The fourth-order valence-electron chi connectivity index (χ4n) is 2.19. The van der Waals surface area contributed by atoms with Crippen molar-refractivity contribution in [2.24, 2.45) is 13.0 Å². The maximum atomic E-state index is 12.0. The first-order valence-corrected chi connectivity index (χ1v) is 6.85. The summed E-state index contributed by atoms with van der Waals surface area (Å²) < 4.78 is 7.04. The van der Waals surface area contributed by atoms with Crippen molar-refractivity contribution in [3.63, 3.8) is 0 Å². The lowest BCUT2D eigenvalue weighted by Gasteiger charge is -2.24. The number of ether oxygens (including phenoxy) is 1. The van der Waals surface area contributed by atoms with Gasteiger partial charge in [0.2, 0.25) is 0 Å². The minimum Gasteiger partial charge on any atom is -0.462 e. The Kier molecular flexibility index (Phi) is 3.50. The van der Waals surface area contributed by atoms with Gasteiger partial charge in [-0.25, -0.2) is 4.79 Å². The largest absolute Gasteiger partial charge is 0.462 e. The molecule has 1 saturated carbocycles. The van der Waals surface area contributed by atoms with Crippen molar-refractivity contribution in [2.45, 2.75) is 19.3 Å². The highest BCUT2D eigenvalue weighted by atomic mass is 16.5. The Labute approximate surface area is 117 Å². The van der Waals surface area contributed by atoms with Gasteiger partial charge in [0.1, 0.15) is 5.69 Å². The van der Waals surface area contributed by atoms with E-state index < -0.39 is 0 Å². The van der Waals surface area contributed by atoms with Crippen LogP contribution in [0.15, 0.2) is 30.6 Å². The number of hydrogen-bond donors (Lipinski definition) is 0. The van der Waals surface area contributed by atoms with Crippen LogP contribution in [0.1, 0.15) is 29.6 Å². The summed E-state index contributed by atoms with van der Waals surface area (Å²) in [5, 5.41) is 4.28. The van der Waals surface area contributed by atoms with E-state index in [0.29, 0.717) is 23.8 Å². The molecular weight excluding hydrogens is 254 g/mol. The normalized spacial score (nSPS) is 14.8. The van der Waals surface area contributed by atoms with Crippen LogP contribution in [-0.4, -0.2) is 27.3 Å². The fraction of sp³-hybridized carbons (Fsp3) is 0.400. The SMILES string of the molecule is Cn1ccc(-c2cc(C(=O)OCC3CCC3)ccn2)n1. The third kappa shape index (κ3) is 2.71. The molecule has 0 spiro atoms. The van der Waals surface area contributed by atoms with Crippen LogP contribution in [0.3, 0.4) is 0 Å². The Morgan fingerprint density at radius 3 is 2.90 bits per heavy atom. The molecule has 104 valence electrons. The Morgan fingerprint density at radius 2 is 2.25 bits per heavy atom. The molecule has 0 atom stereocenters. The molecule has 1 aliphatic carbocycles. The smallest absolute Gasteiger partial charge is 0.338 e. The van der Waals surface area contributed by atoms with Gasteiger partial charge in [0.15, 0.2) is 0 Å². The molecule has 1 aliphatic rings. The summed E-state index contributed by atoms with van der Waals surface area (Å²) in [6.45, 7) is 0.528. The Hall–Kier alpha value is -2.17. The first kappa shape index (κ1) is 12.8.